The molecule has 0 aliphatic carbocycles. The van der Waals surface area contributed by atoms with Crippen molar-refractivity contribution < 1.29 is 19.1 Å². The van der Waals surface area contributed by atoms with Crippen molar-refractivity contribution in [2.24, 2.45) is 0 Å². The maximum Gasteiger partial charge on any atom is 0.306 e. The van der Waals surface area contributed by atoms with Gasteiger partial charge in [-0.05, 0) is 125 Å². The first-order valence-electron chi connectivity index (χ1n) is 19.1. The second kappa shape index (κ2) is 15.3. The van der Waals surface area contributed by atoms with Gasteiger partial charge in [-0.15, -0.1) is 23.5 Å². The van der Waals surface area contributed by atoms with Gasteiger partial charge in [0.15, 0.2) is 0 Å². The van der Waals surface area contributed by atoms with Gasteiger partial charge in [-0.25, -0.2) is 0 Å². The molecule has 2 aromatic carbocycles. The summed E-state index contributed by atoms with van der Waals surface area (Å²) >= 11 is 3.31. The Kier molecular flexibility index (Phi) is 10.8. The highest BCUT2D eigenvalue weighted by Gasteiger charge is 2.40. The van der Waals surface area contributed by atoms with Gasteiger partial charge in [-0.1, -0.05) is 24.3 Å². The van der Waals surface area contributed by atoms with E-state index in [1.807, 2.05) is 0 Å². The van der Waals surface area contributed by atoms with Crippen LogP contribution >= 0.6 is 23.5 Å². The highest BCUT2D eigenvalue weighted by Crippen LogP contribution is 2.45. The molecule has 56 heavy (non-hydrogen) atoms. The topological polar surface area (TPSA) is 116 Å². The molecule has 0 atom stereocenters. The Balaban J connectivity index is 1.31. The van der Waals surface area contributed by atoms with Gasteiger partial charge in [-0.3, -0.25) is 9.59 Å². The summed E-state index contributed by atoms with van der Waals surface area (Å²) in [4.78, 5) is 41.3. The van der Waals surface area contributed by atoms with Gasteiger partial charge in [0, 0.05) is 77.7 Å². The summed E-state index contributed by atoms with van der Waals surface area (Å²) in [6, 6.07) is 35.3. The molecule has 0 unspecified atom stereocenters. The van der Waals surface area contributed by atoms with E-state index in [0.717, 1.165) is 66.5 Å². The molecule has 8 nitrogen and oxygen atoms in total. The third kappa shape index (κ3) is 7.06. The molecule has 10 heteroatoms. The predicted molar refractivity (Wildman–Crippen MR) is 226 cm³/mol. The number of nitrogens with one attached hydrogen (secondary N) is 4. The van der Waals surface area contributed by atoms with Crippen LogP contribution in [-0.2, 0) is 40.7 Å². The fourth-order valence-electron chi connectivity index (χ4n) is 7.89. The van der Waals surface area contributed by atoms with Crippen LogP contribution in [0.3, 0.4) is 0 Å². The monoisotopic (exact) mass is 788 g/mol. The molecule has 0 saturated carbocycles. The third-order valence-electron chi connectivity index (χ3n) is 12.1. The van der Waals surface area contributed by atoms with Gasteiger partial charge in [0.25, 0.3) is 0 Å². The second-order valence-electron chi connectivity index (χ2n) is 16.0. The Labute approximate surface area is 338 Å². The van der Waals surface area contributed by atoms with E-state index in [1.165, 1.54) is 14.2 Å². The molecule has 8 bridgehead atoms. The van der Waals surface area contributed by atoms with Crippen molar-refractivity contribution in [3.63, 3.8) is 0 Å². The average Bonchev–Trinajstić information content (AvgIpc) is 4.05. The summed E-state index contributed by atoms with van der Waals surface area (Å²) in [5.74, 6) is 0.940. The van der Waals surface area contributed by atoms with Crippen molar-refractivity contribution in [3.05, 3.63) is 154 Å². The number of thioether (sulfide) groups is 2. The lowest BCUT2D eigenvalue weighted by atomic mass is 9.76. The number of benzene rings is 2. The molecule has 292 valence electrons. The zero-order valence-corrected chi connectivity index (χ0v) is 35.1. The maximum absolute atomic E-state index is 11.7. The molecule has 0 saturated heterocycles. The molecule has 1 aliphatic heterocycles. The van der Waals surface area contributed by atoms with Gasteiger partial charge in [0.2, 0.25) is 0 Å². The minimum Gasteiger partial charge on any atom is -0.469 e. The summed E-state index contributed by atoms with van der Waals surface area (Å²) in [6.07, 6.45) is 0.750. The Morgan fingerprint density at radius 3 is 0.982 bits per heavy atom. The molecule has 4 aromatic heterocycles. The van der Waals surface area contributed by atoms with Gasteiger partial charge in [0.1, 0.15) is 0 Å². The number of rotatable bonds is 10. The van der Waals surface area contributed by atoms with Crippen molar-refractivity contribution >= 4 is 35.5 Å². The van der Waals surface area contributed by atoms with Crippen LogP contribution in [0.25, 0.3) is 0 Å². The SMILES string of the molecule is COC(=O)CCSc1ccc(C2(C)c3ccc([nH]3)C(C)(C)c3ccc([nH]3)C(C)(c3ccc(SCCC(=O)OC)cc3)c3ccc([nH]3)C(C)(C)c3ccc2[nH]3)cc1. The van der Waals surface area contributed by atoms with E-state index in [9.17, 15) is 9.59 Å². The number of carbonyl (C=O) groups excluding carboxylic acids is 2. The summed E-state index contributed by atoms with van der Waals surface area (Å²) in [5, 5.41) is 0. The van der Waals surface area contributed by atoms with Gasteiger partial charge in [-0.2, -0.15) is 0 Å². The number of methoxy groups -OCH3 is 2. The maximum atomic E-state index is 11.7. The average molecular weight is 789 g/mol. The molecular weight excluding hydrogens is 737 g/mol. The summed E-state index contributed by atoms with van der Waals surface area (Å²) in [7, 11) is 2.86. The molecule has 0 spiro atoms. The van der Waals surface area contributed by atoms with E-state index >= 15 is 0 Å². The van der Waals surface area contributed by atoms with E-state index < -0.39 is 10.8 Å². The van der Waals surface area contributed by atoms with Crippen molar-refractivity contribution in [2.75, 3.05) is 25.7 Å². The molecule has 7 rings (SSSR count). The number of H-pyrrole nitrogens is 4. The number of carbonyl (C=O) groups is 2. The van der Waals surface area contributed by atoms with Crippen molar-refractivity contribution in [1.29, 1.82) is 0 Å². The van der Waals surface area contributed by atoms with Crippen LogP contribution in [0, 0.1) is 0 Å². The number of fused-ring (bicyclic) bond motifs is 8. The largest absolute Gasteiger partial charge is 0.469 e. The van der Waals surface area contributed by atoms with Crippen molar-refractivity contribution in [3.8, 4) is 0 Å². The van der Waals surface area contributed by atoms with Crippen LogP contribution < -0.4 is 0 Å². The Morgan fingerprint density at radius 1 is 0.446 bits per heavy atom. The highest BCUT2D eigenvalue weighted by atomic mass is 32.2. The highest BCUT2D eigenvalue weighted by molar-refractivity contribution is 7.99. The molecular formula is C46H52N4O4S2. The van der Waals surface area contributed by atoms with E-state index in [4.69, 9.17) is 9.47 Å². The lowest BCUT2D eigenvalue weighted by molar-refractivity contribution is -0.141. The fourth-order valence-corrected chi connectivity index (χ4v) is 9.55. The first-order valence-corrected chi connectivity index (χ1v) is 21.1. The van der Waals surface area contributed by atoms with E-state index in [0.29, 0.717) is 24.3 Å². The van der Waals surface area contributed by atoms with Gasteiger partial charge >= 0.3 is 11.9 Å². The van der Waals surface area contributed by atoms with Crippen molar-refractivity contribution in [2.45, 2.75) is 85.8 Å². The van der Waals surface area contributed by atoms with Crippen LogP contribution in [0.4, 0.5) is 0 Å². The molecule has 0 amide bonds. The number of aromatic nitrogens is 4. The zero-order valence-electron chi connectivity index (χ0n) is 33.5. The van der Waals surface area contributed by atoms with Crippen LogP contribution in [0.1, 0.15) is 111 Å². The zero-order chi connectivity index (χ0) is 39.9. The minimum absolute atomic E-state index is 0.195. The number of hydrogen-bond donors (Lipinski definition) is 4. The Hall–Kier alpha value is -4.80. The first-order chi connectivity index (χ1) is 26.7. The Morgan fingerprint density at radius 2 is 0.714 bits per heavy atom. The molecule has 6 aromatic rings. The van der Waals surface area contributed by atoms with Crippen molar-refractivity contribution in [1.82, 2.24) is 19.9 Å². The van der Waals surface area contributed by atoms with Gasteiger partial charge in [0.05, 0.1) is 37.9 Å². The fraction of sp³-hybridized carbons (Fsp3) is 0.348. The number of aromatic amines is 4. The quantitative estimate of drug-likeness (QED) is 0.0812. The second-order valence-corrected chi connectivity index (χ2v) is 18.4. The van der Waals surface area contributed by atoms with E-state index in [1.54, 1.807) is 23.5 Å². The van der Waals surface area contributed by atoms with Gasteiger partial charge < -0.3 is 29.4 Å². The number of esters is 2. The minimum atomic E-state index is -0.529. The third-order valence-corrected chi connectivity index (χ3v) is 14.1. The normalized spacial score (nSPS) is 19.7. The summed E-state index contributed by atoms with van der Waals surface area (Å²) in [5.41, 5.74) is 9.30. The van der Waals surface area contributed by atoms with Crippen LogP contribution in [-0.4, -0.2) is 57.6 Å². The molecule has 1 aliphatic rings. The lowest BCUT2D eigenvalue weighted by Gasteiger charge is -2.32. The molecule has 0 fully saturated rings. The summed E-state index contributed by atoms with van der Waals surface area (Å²) in [6.45, 7) is 13.6. The molecule has 5 heterocycles. The van der Waals surface area contributed by atoms with Crippen LogP contribution in [0.5, 0.6) is 0 Å². The summed E-state index contributed by atoms with van der Waals surface area (Å²) < 4.78 is 9.66. The van der Waals surface area contributed by atoms with Crippen LogP contribution in [0.15, 0.2) is 107 Å². The van der Waals surface area contributed by atoms with E-state index in [-0.39, 0.29) is 22.8 Å². The first kappa shape index (κ1) is 39.4. The molecule has 0 radical (unpaired) electrons. The number of hydrogen-bond acceptors (Lipinski definition) is 6. The predicted octanol–water partition coefficient (Wildman–Crippen LogP) is 9.98. The lowest BCUT2D eigenvalue weighted by Crippen LogP contribution is -2.29. The standard InChI is InChI=1S/C46H52N4O4S2/c1-43(2)33-17-21-37(47-33)45(5,29-9-13-31(14-10-29)55-27-25-41(51)53-7)39-23-19-35(49-39)44(3,4)36-20-24-40(50-36)46(6,38-22-18-34(43)48-38)30-11-15-32(16-12-30)56-28-26-42(52)54-8/h9-24,47-50H,25-28H2,1-8H3. The van der Waals surface area contributed by atoms with Crippen LogP contribution in [0.2, 0.25) is 0 Å². The molecule has 4 N–H and O–H groups in total. The smallest absolute Gasteiger partial charge is 0.306 e. The Bertz CT molecular complexity index is 2070. The van der Waals surface area contributed by atoms with E-state index in [2.05, 4.69) is 159 Å². The number of ether oxygens (including phenoxy) is 2.